The fraction of sp³-hybridized carbons (Fsp3) is 0.154. The maximum atomic E-state index is 13.4. The molecule has 35 heavy (non-hydrogen) atoms. The van der Waals surface area contributed by atoms with Gasteiger partial charge in [0.25, 0.3) is 0 Å². The van der Waals surface area contributed by atoms with Crippen LogP contribution in [0, 0.1) is 0 Å². The number of ketones is 1. The van der Waals surface area contributed by atoms with E-state index in [0.29, 0.717) is 5.69 Å². The second kappa shape index (κ2) is 10.1. The highest BCUT2D eigenvalue weighted by Crippen LogP contribution is 2.25. The molecule has 0 aliphatic rings. The van der Waals surface area contributed by atoms with Crippen molar-refractivity contribution in [1.29, 1.82) is 0 Å². The van der Waals surface area contributed by atoms with E-state index in [4.69, 9.17) is 0 Å². The molecule has 0 bridgehead atoms. The Morgan fingerprint density at radius 2 is 1.63 bits per heavy atom. The van der Waals surface area contributed by atoms with Gasteiger partial charge in [0, 0.05) is 26.0 Å². The zero-order chi connectivity index (χ0) is 25.0. The minimum absolute atomic E-state index is 0.0524. The van der Waals surface area contributed by atoms with Gasteiger partial charge in [-0.3, -0.25) is 9.59 Å². The molecule has 4 aromatic rings. The molecular weight excluding hydrogens is 464 g/mol. The van der Waals surface area contributed by atoms with Crippen LogP contribution in [0.3, 0.4) is 0 Å². The highest BCUT2D eigenvalue weighted by Gasteiger charge is 2.24. The molecule has 0 aliphatic heterocycles. The number of hydrogen-bond acceptors (Lipinski definition) is 6. The summed E-state index contributed by atoms with van der Waals surface area (Å²) < 4.78 is 26.5. The number of anilines is 1. The van der Waals surface area contributed by atoms with Crippen molar-refractivity contribution in [2.45, 2.75) is 17.9 Å². The van der Waals surface area contributed by atoms with Gasteiger partial charge in [0.05, 0.1) is 17.9 Å². The van der Waals surface area contributed by atoms with Crippen LogP contribution in [-0.2, 0) is 21.4 Å². The molecule has 0 fully saturated rings. The summed E-state index contributed by atoms with van der Waals surface area (Å²) in [5.41, 5.74) is 1.30. The number of amides is 1. The maximum Gasteiger partial charge on any atom is 0.242 e. The fourth-order valence-electron chi connectivity index (χ4n) is 3.64. The number of carbonyl (C=O) groups is 2. The minimum Gasteiger partial charge on any atom is -0.308 e. The number of carbonyl (C=O) groups excluding carboxylic acids is 2. The normalized spacial score (nSPS) is 11.5. The van der Waals surface area contributed by atoms with Crippen LogP contribution in [0.25, 0.3) is 10.8 Å². The van der Waals surface area contributed by atoms with Crippen LogP contribution in [0.5, 0.6) is 0 Å². The lowest BCUT2D eigenvalue weighted by atomic mass is 10.1. The van der Waals surface area contributed by atoms with Gasteiger partial charge in [0.1, 0.15) is 5.69 Å². The van der Waals surface area contributed by atoms with Gasteiger partial charge in [0.2, 0.25) is 15.9 Å². The van der Waals surface area contributed by atoms with Gasteiger partial charge < -0.3 is 4.90 Å². The summed E-state index contributed by atoms with van der Waals surface area (Å²) in [6.45, 7) is 0.156. The Kier molecular flexibility index (Phi) is 6.99. The summed E-state index contributed by atoms with van der Waals surface area (Å²) in [5.74, 6) is -0.947. The van der Waals surface area contributed by atoms with Crippen molar-refractivity contribution in [2.24, 2.45) is 0 Å². The first-order chi connectivity index (χ1) is 16.8. The topological polar surface area (TPSA) is 101 Å². The summed E-state index contributed by atoms with van der Waals surface area (Å²) >= 11 is 0. The number of fused-ring (bicyclic) bond motifs is 1. The van der Waals surface area contributed by atoms with E-state index in [1.165, 1.54) is 43.4 Å². The molecule has 0 atom stereocenters. The molecule has 0 aliphatic carbocycles. The second-order valence-electron chi connectivity index (χ2n) is 8.16. The summed E-state index contributed by atoms with van der Waals surface area (Å²) in [5, 5.41) is 9.57. The monoisotopic (exact) mass is 488 g/mol. The van der Waals surface area contributed by atoms with Crippen molar-refractivity contribution >= 4 is 38.2 Å². The summed E-state index contributed by atoms with van der Waals surface area (Å²) in [6, 6.07) is 22.9. The molecule has 1 heterocycles. The number of rotatable bonds is 8. The van der Waals surface area contributed by atoms with Crippen LogP contribution < -0.4 is 4.90 Å². The number of benzene rings is 3. The highest BCUT2D eigenvalue weighted by atomic mass is 32.2. The summed E-state index contributed by atoms with van der Waals surface area (Å²) in [4.78, 5) is 27.5. The molecule has 0 radical (unpaired) electrons. The first kappa shape index (κ1) is 24.2. The average Bonchev–Trinajstić information content (AvgIpc) is 2.87. The van der Waals surface area contributed by atoms with E-state index in [9.17, 15) is 18.0 Å². The van der Waals surface area contributed by atoms with Gasteiger partial charge in [-0.25, -0.2) is 12.7 Å². The molecule has 9 heteroatoms. The van der Waals surface area contributed by atoms with Crippen molar-refractivity contribution in [1.82, 2.24) is 14.5 Å². The summed E-state index contributed by atoms with van der Waals surface area (Å²) in [6.07, 6.45) is 1.01. The van der Waals surface area contributed by atoms with Gasteiger partial charge in [-0.2, -0.15) is 5.10 Å². The van der Waals surface area contributed by atoms with Gasteiger partial charge in [-0.15, -0.1) is 5.10 Å². The van der Waals surface area contributed by atoms with E-state index >= 15 is 0 Å². The molecule has 4 rings (SSSR count). The first-order valence-corrected chi connectivity index (χ1v) is 12.3. The Bertz CT molecular complexity index is 1490. The van der Waals surface area contributed by atoms with Gasteiger partial charge in [0.15, 0.2) is 5.78 Å². The molecule has 0 unspecified atom stereocenters. The Morgan fingerprint density at radius 1 is 0.857 bits per heavy atom. The van der Waals surface area contributed by atoms with Crippen LogP contribution in [0.4, 0.5) is 5.69 Å². The quantitative estimate of drug-likeness (QED) is 0.277. The fourth-order valence-corrected chi connectivity index (χ4v) is 4.58. The largest absolute Gasteiger partial charge is 0.308 e. The Labute approximate surface area is 203 Å². The maximum absolute atomic E-state index is 13.4. The predicted molar refractivity (Wildman–Crippen MR) is 133 cm³/mol. The molecule has 8 nitrogen and oxygen atoms in total. The molecule has 0 saturated carbocycles. The average molecular weight is 489 g/mol. The lowest BCUT2D eigenvalue weighted by molar-refractivity contribution is -0.117. The summed E-state index contributed by atoms with van der Waals surface area (Å²) in [7, 11) is -0.828. The minimum atomic E-state index is -3.72. The standard InChI is InChI=1S/C26H24N4O4S/c1-29(2)35(33,34)23-10-5-9-22(16-23)30(26(32)17-25(31)24-11-6-14-27-28-24)18-19-12-13-20-7-3-4-8-21(20)15-19/h3-16H,17-18H2,1-2H3. The molecule has 178 valence electrons. The Hall–Kier alpha value is -3.95. The highest BCUT2D eigenvalue weighted by molar-refractivity contribution is 7.89. The smallest absolute Gasteiger partial charge is 0.242 e. The Balaban J connectivity index is 1.71. The van der Waals surface area contributed by atoms with Crippen LogP contribution in [0.2, 0.25) is 0 Å². The van der Waals surface area contributed by atoms with E-state index in [0.717, 1.165) is 20.6 Å². The molecule has 0 spiro atoms. The molecule has 1 aromatic heterocycles. The van der Waals surface area contributed by atoms with E-state index in [2.05, 4.69) is 10.2 Å². The molecule has 3 aromatic carbocycles. The third-order valence-electron chi connectivity index (χ3n) is 5.53. The van der Waals surface area contributed by atoms with Crippen LogP contribution in [0.15, 0.2) is 90.0 Å². The van der Waals surface area contributed by atoms with Crippen molar-refractivity contribution in [3.63, 3.8) is 0 Å². The number of sulfonamides is 1. The number of aromatic nitrogens is 2. The molecule has 1 amide bonds. The van der Waals surface area contributed by atoms with E-state index in [1.807, 2.05) is 42.5 Å². The lowest BCUT2D eigenvalue weighted by Gasteiger charge is -2.24. The lowest BCUT2D eigenvalue weighted by Crippen LogP contribution is -2.32. The van der Waals surface area contributed by atoms with Crippen molar-refractivity contribution in [3.8, 4) is 0 Å². The van der Waals surface area contributed by atoms with Gasteiger partial charge >= 0.3 is 0 Å². The number of Topliss-reactive ketones (excluding diaryl/α,β-unsaturated/α-hetero) is 1. The van der Waals surface area contributed by atoms with Gasteiger partial charge in [-0.1, -0.05) is 42.5 Å². The zero-order valence-corrected chi connectivity index (χ0v) is 20.1. The number of hydrogen-bond donors (Lipinski definition) is 0. The second-order valence-corrected chi connectivity index (χ2v) is 10.3. The third-order valence-corrected chi connectivity index (χ3v) is 7.34. The van der Waals surface area contributed by atoms with E-state index in [-0.39, 0.29) is 17.1 Å². The third kappa shape index (κ3) is 5.42. The number of nitrogens with zero attached hydrogens (tertiary/aromatic N) is 4. The Morgan fingerprint density at radius 3 is 2.34 bits per heavy atom. The predicted octanol–water partition coefficient (Wildman–Crippen LogP) is 3.69. The van der Waals surface area contributed by atoms with Crippen LogP contribution >= 0.6 is 0 Å². The molecule has 0 saturated heterocycles. The molecule has 0 N–H and O–H groups in total. The first-order valence-electron chi connectivity index (χ1n) is 10.9. The van der Waals surface area contributed by atoms with E-state index < -0.39 is 28.1 Å². The van der Waals surface area contributed by atoms with Crippen molar-refractivity contribution in [3.05, 3.63) is 96.3 Å². The molecular formula is C26H24N4O4S. The van der Waals surface area contributed by atoms with Gasteiger partial charge in [-0.05, 0) is 52.7 Å². The van der Waals surface area contributed by atoms with Crippen molar-refractivity contribution < 1.29 is 18.0 Å². The van der Waals surface area contributed by atoms with Crippen LogP contribution in [-0.4, -0.2) is 48.7 Å². The zero-order valence-electron chi connectivity index (χ0n) is 19.3. The van der Waals surface area contributed by atoms with Crippen LogP contribution in [0.1, 0.15) is 22.5 Å². The van der Waals surface area contributed by atoms with Crippen molar-refractivity contribution in [2.75, 3.05) is 19.0 Å². The SMILES string of the molecule is CN(C)S(=O)(=O)c1cccc(N(Cc2ccc3ccccc3c2)C(=O)CC(=O)c2cccnn2)c1. The van der Waals surface area contributed by atoms with E-state index in [1.54, 1.807) is 18.2 Å².